The number of rotatable bonds is 2. The van der Waals surface area contributed by atoms with E-state index >= 15 is 0 Å². The first-order chi connectivity index (χ1) is 6.86. The summed E-state index contributed by atoms with van der Waals surface area (Å²) in [6.45, 7) is 1.000. The van der Waals surface area contributed by atoms with Crippen molar-refractivity contribution in [1.82, 2.24) is 4.98 Å². The van der Waals surface area contributed by atoms with E-state index in [9.17, 15) is 0 Å². The Kier molecular flexibility index (Phi) is 2.43. The fourth-order valence-corrected chi connectivity index (χ4v) is 1.66. The molecule has 0 unspecified atom stereocenters. The smallest absolute Gasteiger partial charge is 0.0705 e. The van der Waals surface area contributed by atoms with Gasteiger partial charge in [0, 0.05) is 24.7 Å². The van der Waals surface area contributed by atoms with Crippen LogP contribution in [0.5, 0.6) is 0 Å². The average molecular weight is 187 g/mol. The molecule has 14 heavy (non-hydrogen) atoms. The Bertz CT molecular complexity index is 451. The molecule has 0 amide bonds. The second kappa shape index (κ2) is 3.74. The molecule has 0 spiro atoms. The Labute approximate surface area is 82.7 Å². The van der Waals surface area contributed by atoms with Gasteiger partial charge in [-0.05, 0) is 17.2 Å². The van der Waals surface area contributed by atoms with Crippen LogP contribution in [0.4, 0.5) is 0 Å². The summed E-state index contributed by atoms with van der Waals surface area (Å²) >= 11 is 0. The van der Waals surface area contributed by atoms with Gasteiger partial charge in [0.2, 0.25) is 0 Å². The van der Waals surface area contributed by atoms with Crippen molar-refractivity contribution in [2.24, 2.45) is 11.5 Å². The van der Waals surface area contributed by atoms with Crippen molar-refractivity contribution in [3.8, 4) is 0 Å². The molecule has 1 aromatic heterocycles. The summed E-state index contributed by atoms with van der Waals surface area (Å²) in [6, 6.07) is 7.97. The van der Waals surface area contributed by atoms with Crippen molar-refractivity contribution < 1.29 is 0 Å². The lowest BCUT2D eigenvalue weighted by atomic mass is 10.0. The first-order valence-corrected chi connectivity index (χ1v) is 4.62. The van der Waals surface area contributed by atoms with Crippen LogP contribution >= 0.6 is 0 Å². The molecule has 0 saturated carbocycles. The number of hydrogen-bond acceptors (Lipinski definition) is 3. The largest absolute Gasteiger partial charge is 0.326 e. The molecule has 72 valence electrons. The van der Waals surface area contributed by atoms with Crippen LogP contribution in [0.25, 0.3) is 10.9 Å². The SMILES string of the molecule is NCc1cnc2ccccc2c1CN. The Morgan fingerprint density at radius 2 is 1.86 bits per heavy atom. The second-order valence-electron chi connectivity index (χ2n) is 3.19. The molecule has 0 radical (unpaired) electrons. The number of nitrogens with two attached hydrogens (primary N) is 2. The van der Waals surface area contributed by atoms with E-state index in [1.807, 2.05) is 30.5 Å². The summed E-state index contributed by atoms with van der Waals surface area (Å²) in [4.78, 5) is 4.33. The van der Waals surface area contributed by atoms with Gasteiger partial charge >= 0.3 is 0 Å². The highest BCUT2D eigenvalue weighted by Crippen LogP contribution is 2.19. The Hall–Kier alpha value is -1.45. The van der Waals surface area contributed by atoms with Crippen molar-refractivity contribution in [3.63, 3.8) is 0 Å². The number of aromatic nitrogens is 1. The quantitative estimate of drug-likeness (QED) is 0.741. The number of pyridine rings is 1. The van der Waals surface area contributed by atoms with E-state index in [2.05, 4.69) is 4.98 Å². The predicted molar refractivity (Wildman–Crippen MR) is 57.5 cm³/mol. The molecular formula is C11H13N3. The van der Waals surface area contributed by atoms with Gasteiger partial charge in [-0.25, -0.2) is 0 Å². The lowest BCUT2D eigenvalue weighted by Crippen LogP contribution is -2.07. The molecule has 2 aromatic rings. The van der Waals surface area contributed by atoms with Crippen LogP contribution in [0.1, 0.15) is 11.1 Å². The summed E-state index contributed by atoms with van der Waals surface area (Å²) in [5.74, 6) is 0. The van der Waals surface area contributed by atoms with Gasteiger partial charge in [-0.2, -0.15) is 0 Å². The molecule has 1 aromatic carbocycles. The summed E-state index contributed by atoms with van der Waals surface area (Å²) < 4.78 is 0. The molecule has 0 aliphatic heterocycles. The van der Waals surface area contributed by atoms with Gasteiger partial charge in [-0.3, -0.25) is 4.98 Å². The van der Waals surface area contributed by atoms with Gasteiger partial charge in [-0.15, -0.1) is 0 Å². The van der Waals surface area contributed by atoms with Gasteiger partial charge in [0.25, 0.3) is 0 Å². The van der Waals surface area contributed by atoms with Crippen LogP contribution in [-0.4, -0.2) is 4.98 Å². The highest BCUT2D eigenvalue weighted by atomic mass is 14.7. The summed E-state index contributed by atoms with van der Waals surface area (Å²) in [5.41, 5.74) is 14.5. The zero-order valence-electron chi connectivity index (χ0n) is 7.90. The minimum atomic E-state index is 0.490. The standard InChI is InChI=1S/C11H13N3/c12-5-8-7-14-11-4-2-1-3-9(11)10(8)6-13/h1-4,7H,5-6,12-13H2. The van der Waals surface area contributed by atoms with Crippen molar-refractivity contribution >= 4 is 10.9 Å². The molecule has 0 aliphatic rings. The number of nitrogens with zero attached hydrogens (tertiary/aromatic N) is 1. The topological polar surface area (TPSA) is 64.9 Å². The summed E-state index contributed by atoms with van der Waals surface area (Å²) in [5, 5.41) is 1.11. The van der Waals surface area contributed by atoms with E-state index in [0.717, 1.165) is 22.0 Å². The van der Waals surface area contributed by atoms with Crippen molar-refractivity contribution in [2.45, 2.75) is 13.1 Å². The first-order valence-electron chi connectivity index (χ1n) is 4.62. The third kappa shape index (κ3) is 1.36. The predicted octanol–water partition coefficient (Wildman–Crippen LogP) is 1.15. The average Bonchev–Trinajstić information content (AvgIpc) is 2.27. The number of fused-ring (bicyclic) bond motifs is 1. The minimum absolute atomic E-state index is 0.490. The number of para-hydroxylation sites is 1. The Morgan fingerprint density at radius 1 is 1.07 bits per heavy atom. The number of benzene rings is 1. The maximum atomic E-state index is 5.71. The van der Waals surface area contributed by atoms with Crippen LogP contribution in [0.3, 0.4) is 0 Å². The molecule has 2 rings (SSSR count). The molecule has 3 heteroatoms. The van der Waals surface area contributed by atoms with Crippen LogP contribution in [0.15, 0.2) is 30.5 Å². The third-order valence-electron chi connectivity index (χ3n) is 2.40. The van der Waals surface area contributed by atoms with Crippen LogP contribution in [0, 0.1) is 0 Å². The zero-order chi connectivity index (χ0) is 9.97. The Morgan fingerprint density at radius 3 is 2.57 bits per heavy atom. The molecule has 3 nitrogen and oxygen atoms in total. The molecule has 1 heterocycles. The van der Waals surface area contributed by atoms with Crippen molar-refractivity contribution in [2.75, 3.05) is 0 Å². The fourth-order valence-electron chi connectivity index (χ4n) is 1.66. The summed E-state index contributed by atoms with van der Waals surface area (Å²) in [7, 11) is 0. The van der Waals surface area contributed by atoms with Gasteiger partial charge < -0.3 is 11.5 Å². The van der Waals surface area contributed by atoms with Crippen molar-refractivity contribution in [1.29, 1.82) is 0 Å². The number of hydrogen-bond donors (Lipinski definition) is 2. The molecular weight excluding hydrogens is 174 g/mol. The normalized spacial score (nSPS) is 10.7. The van der Waals surface area contributed by atoms with E-state index in [1.165, 1.54) is 0 Å². The molecule has 0 saturated heterocycles. The minimum Gasteiger partial charge on any atom is -0.326 e. The zero-order valence-corrected chi connectivity index (χ0v) is 7.90. The molecule has 0 aliphatic carbocycles. The van der Waals surface area contributed by atoms with Crippen molar-refractivity contribution in [3.05, 3.63) is 41.6 Å². The molecule has 4 N–H and O–H groups in total. The molecule has 0 atom stereocenters. The molecule has 0 fully saturated rings. The van der Waals surface area contributed by atoms with Gasteiger partial charge in [0.1, 0.15) is 0 Å². The van der Waals surface area contributed by atoms with Gasteiger partial charge in [0.05, 0.1) is 5.52 Å². The van der Waals surface area contributed by atoms with E-state index < -0.39 is 0 Å². The fraction of sp³-hybridized carbons (Fsp3) is 0.182. The van der Waals surface area contributed by atoms with Gasteiger partial charge in [0.15, 0.2) is 0 Å². The maximum absolute atomic E-state index is 5.71. The highest BCUT2D eigenvalue weighted by Gasteiger charge is 2.04. The first kappa shape index (κ1) is 9.12. The van der Waals surface area contributed by atoms with E-state index in [0.29, 0.717) is 13.1 Å². The lowest BCUT2D eigenvalue weighted by Gasteiger charge is -2.08. The molecule has 0 bridgehead atoms. The lowest BCUT2D eigenvalue weighted by molar-refractivity contribution is 0.979. The van der Waals surface area contributed by atoms with Gasteiger partial charge in [-0.1, -0.05) is 18.2 Å². The maximum Gasteiger partial charge on any atom is 0.0705 e. The van der Waals surface area contributed by atoms with E-state index in [1.54, 1.807) is 0 Å². The van der Waals surface area contributed by atoms with Crippen LogP contribution in [0.2, 0.25) is 0 Å². The van der Waals surface area contributed by atoms with E-state index in [4.69, 9.17) is 11.5 Å². The summed E-state index contributed by atoms with van der Waals surface area (Å²) in [6.07, 6.45) is 1.81. The van der Waals surface area contributed by atoms with Crippen LogP contribution < -0.4 is 11.5 Å². The monoisotopic (exact) mass is 187 g/mol. The highest BCUT2D eigenvalue weighted by molar-refractivity contribution is 5.82. The van der Waals surface area contributed by atoms with E-state index in [-0.39, 0.29) is 0 Å². The Balaban J connectivity index is 2.77. The third-order valence-corrected chi connectivity index (χ3v) is 2.40. The second-order valence-corrected chi connectivity index (χ2v) is 3.19. The van der Waals surface area contributed by atoms with Crippen LogP contribution in [-0.2, 0) is 13.1 Å².